The van der Waals surface area contributed by atoms with E-state index in [4.69, 9.17) is 5.26 Å². The predicted octanol–water partition coefficient (Wildman–Crippen LogP) is 4.46. The van der Waals surface area contributed by atoms with Crippen LogP contribution in [0.15, 0.2) is 29.2 Å². The lowest BCUT2D eigenvalue weighted by molar-refractivity contribution is 0.482. The molecule has 0 atom stereocenters. The summed E-state index contributed by atoms with van der Waals surface area (Å²) in [7, 11) is 0. The summed E-state index contributed by atoms with van der Waals surface area (Å²) in [4.78, 5) is 1.28. The van der Waals surface area contributed by atoms with Crippen LogP contribution in [0.3, 0.4) is 0 Å². The molecular weight excluding hydrogens is 264 g/mol. The second-order valence-corrected chi connectivity index (χ2v) is 7.43. The van der Waals surface area contributed by atoms with Crippen molar-refractivity contribution >= 4 is 11.8 Å². The molecule has 0 aliphatic carbocycles. The number of rotatable bonds is 8. The first-order valence-electron chi connectivity index (χ1n) is 7.26. The van der Waals surface area contributed by atoms with Gasteiger partial charge in [-0.25, -0.2) is 0 Å². The van der Waals surface area contributed by atoms with Crippen LogP contribution in [0.2, 0.25) is 0 Å². The molecule has 0 aliphatic heterocycles. The first-order chi connectivity index (χ1) is 9.43. The van der Waals surface area contributed by atoms with Crippen LogP contribution in [0.25, 0.3) is 0 Å². The van der Waals surface area contributed by atoms with Crippen LogP contribution in [-0.2, 0) is 6.54 Å². The fraction of sp³-hybridized carbons (Fsp3) is 0.588. The van der Waals surface area contributed by atoms with E-state index >= 15 is 0 Å². The summed E-state index contributed by atoms with van der Waals surface area (Å²) in [6, 6.07) is 11.1. The molecule has 0 aromatic heterocycles. The van der Waals surface area contributed by atoms with Crippen LogP contribution < -0.4 is 5.32 Å². The Morgan fingerprint density at radius 2 is 1.90 bits per heavy atom. The van der Waals surface area contributed by atoms with Crippen molar-refractivity contribution in [2.24, 2.45) is 11.3 Å². The largest absolute Gasteiger partial charge is 0.312 e. The van der Waals surface area contributed by atoms with E-state index in [0.29, 0.717) is 5.92 Å². The van der Waals surface area contributed by atoms with Gasteiger partial charge in [-0.1, -0.05) is 26.0 Å². The molecule has 0 bridgehead atoms. The maximum Gasteiger partial charge on any atom is 0.0684 e. The second-order valence-electron chi connectivity index (χ2n) is 6.26. The third kappa shape index (κ3) is 6.98. The average molecular weight is 290 g/mol. The first kappa shape index (κ1) is 17.1. The smallest absolute Gasteiger partial charge is 0.0684 e. The highest BCUT2D eigenvalue weighted by atomic mass is 32.2. The van der Waals surface area contributed by atoms with Crippen LogP contribution in [0.1, 0.15) is 39.7 Å². The number of hydrogen-bond donors (Lipinski definition) is 1. The Labute approximate surface area is 128 Å². The molecule has 3 heteroatoms. The molecule has 110 valence electrons. The Balaban J connectivity index is 2.34. The molecular formula is C17H26N2S. The van der Waals surface area contributed by atoms with E-state index in [-0.39, 0.29) is 5.41 Å². The number of benzene rings is 1. The van der Waals surface area contributed by atoms with Crippen LogP contribution in [0, 0.1) is 22.7 Å². The van der Waals surface area contributed by atoms with Gasteiger partial charge >= 0.3 is 0 Å². The van der Waals surface area contributed by atoms with Gasteiger partial charge in [-0.3, -0.25) is 0 Å². The maximum absolute atomic E-state index is 8.98. The monoisotopic (exact) mass is 290 g/mol. The standard InChI is InChI=1S/C17H26N2S/c1-14(2)11-19-12-15-5-7-16(8-6-15)20-10-9-17(3,4)13-18/h5-8,14,19H,9-12H2,1-4H3. The van der Waals surface area contributed by atoms with Gasteiger partial charge in [0.2, 0.25) is 0 Å². The number of hydrogen-bond acceptors (Lipinski definition) is 3. The summed E-state index contributed by atoms with van der Waals surface area (Å²) in [5.41, 5.74) is 1.11. The number of nitriles is 1. The zero-order valence-corrected chi connectivity index (χ0v) is 13.9. The average Bonchev–Trinajstić information content (AvgIpc) is 2.40. The zero-order valence-electron chi connectivity index (χ0n) is 13.1. The van der Waals surface area contributed by atoms with E-state index in [1.54, 1.807) is 0 Å². The number of nitrogens with one attached hydrogen (secondary N) is 1. The van der Waals surface area contributed by atoms with Crippen molar-refractivity contribution in [1.29, 1.82) is 5.26 Å². The number of thioether (sulfide) groups is 1. The molecule has 0 amide bonds. The van der Waals surface area contributed by atoms with Gasteiger partial charge in [0.05, 0.1) is 11.5 Å². The lowest BCUT2D eigenvalue weighted by atomic mass is 9.93. The summed E-state index contributed by atoms with van der Waals surface area (Å²) in [6.45, 7) is 10.4. The van der Waals surface area contributed by atoms with E-state index in [0.717, 1.165) is 25.3 Å². The molecule has 0 radical (unpaired) electrons. The molecule has 1 N–H and O–H groups in total. The van der Waals surface area contributed by atoms with E-state index in [2.05, 4.69) is 49.5 Å². The summed E-state index contributed by atoms with van der Waals surface area (Å²) in [5, 5.41) is 12.4. The molecule has 2 nitrogen and oxygen atoms in total. The molecule has 0 aliphatic rings. The summed E-state index contributed by atoms with van der Waals surface area (Å²) >= 11 is 1.83. The highest BCUT2D eigenvalue weighted by Gasteiger charge is 2.15. The Morgan fingerprint density at radius 1 is 1.25 bits per heavy atom. The SMILES string of the molecule is CC(C)CNCc1ccc(SCCC(C)(C)C#N)cc1. The van der Waals surface area contributed by atoms with Crippen LogP contribution in [0.4, 0.5) is 0 Å². The van der Waals surface area contributed by atoms with Gasteiger partial charge in [0.15, 0.2) is 0 Å². The maximum atomic E-state index is 8.98. The van der Waals surface area contributed by atoms with Crippen LogP contribution >= 0.6 is 11.8 Å². The molecule has 0 fully saturated rings. The summed E-state index contributed by atoms with van der Waals surface area (Å²) in [6.07, 6.45) is 0.922. The highest BCUT2D eigenvalue weighted by molar-refractivity contribution is 7.99. The second kappa shape index (κ2) is 8.34. The van der Waals surface area contributed by atoms with Gasteiger partial charge < -0.3 is 5.32 Å². The minimum atomic E-state index is -0.215. The van der Waals surface area contributed by atoms with Crippen molar-refractivity contribution < 1.29 is 0 Å². The molecule has 0 saturated carbocycles. The van der Waals surface area contributed by atoms with E-state index < -0.39 is 0 Å². The fourth-order valence-electron chi connectivity index (χ4n) is 1.69. The molecule has 20 heavy (non-hydrogen) atoms. The fourth-order valence-corrected chi connectivity index (χ4v) is 2.87. The molecule has 0 saturated heterocycles. The third-order valence-electron chi connectivity index (χ3n) is 3.10. The predicted molar refractivity (Wildman–Crippen MR) is 87.7 cm³/mol. The summed E-state index contributed by atoms with van der Waals surface area (Å²) < 4.78 is 0. The summed E-state index contributed by atoms with van der Waals surface area (Å²) in [5.74, 6) is 1.68. The van der Waals surface area contributed by atoms with Crippen molar-refractivity contribution in [3.63, 3.8) is 0 Å². The Morgan fingerprint density at radius 3 is 2.45 bits per heavy atom. The van der Waals surface area contributed by atoms with Crippen molar-refractivity contribution in [3.8, 4) is 6.07 Å². The Hall–Kier alpha value is -0.980. The van der Waals surface area contributed by atoms with Gasteiger partial charge in [0, 0.05) is 11.4 Å². The van der Waals surface area contributed by atoms with Crippen molar-refractivity contribution in [1.82, 2.24) is 5.32 Å². The van der Waals surface area contributed by atoms with E-state index in [1.165, 1.54) is 10.5 Å². The highest BCUT2D eigenvalue weighted by Crippen LogP contribution is 2.26. The van der Waals surface area contributed by atoms with Crippen molar-refractivity contribution in [2.45, 2.75) is 45.6 Å². The van der Waals surface area contributed by atoms with Crippen LogP contribution in [0.5, 0.6) is 0 Å². The minimum absolute atomic E-state index is 0.215. The number of nitrogens with zero attached hydrogens (tertiary/aromatic N) is 1. The lowest BCUT2D eigenvalue weighted by Gasteiger charge is -2.14. The minimum Gasteiger partial charge on any atom is -0.312 e. The third-order valence-corrected chi connectivity index (χ3v) is 4.12. The molecule has 0 spiro atoms. The van der Waals surface area contributed by atoms with Gasteiger partial charge in [0.1, 0.15) is 0 Å². The van der Waals surface area contributed by atoms with Crippen molar-refractivity contribution in [3.05, 3.63) is 29.8 Å². The normalized spacial score (nSPS) is 11.6. The quantitative estimate of drug-likeness (QED) is 0.718. The van der Waals surface area contributed by atoms with E-state index in [1.807, 2.05) is 25.6 Å². The topological polar surface area (TPSA) is 35.8 Å². The first-order valence-corrected chi connectivity index (χ1v) is 8.25. The molecule has 1 aromatic carbocycles. The van der Waals surface area contributed by atoms with Gasteiger partial charge in [-0.2, -0.15) is 5.26 Å². The van der Waals surface area contributed by atoms with Gasteiger partial charge in [-0.05, 0) is 56.2 Å². The molecule has 0 heterocycles. The van der Waals surface area contributed by atoms with Crippen LogP contribution in [-0.4, -0.2) is 12.3 Å². The Bertz CT molecular complexity index is 429. The molecule has 1 aromatic rings. The molecule has 0 unspecified atom stereocenters. The van der Waals surface area contributed by atoms with E-state index in [9.17, 15) is 0 Å². The van der Waals surface area contributed by atoms with Gasteiger partial charge in [0.25, 0.3) is 0 Å². The zero-order chi connectivity index (χ0) is 15.0. The van der Waals surface area contributed by atoms with Gasteiger partial charge in [-0.15, -0.1) is 11.8 Å². The van der Waals surface area contributed by atoms with Crippen molar-refractivity contribution in [2.75, 3.05) is 12.3 Å². The molecule has 1 rings (SSSR count). The lowest BCUT2D eigenvalue weighted by Crippen LogP contribution is -2.18. The Kier molecular flexibility index (Phi) is 7.12.